The topological polar surface area (TPSA) is 43.4 Å². The molecule has 0 aliphatic heterocycles. The maximum atomic E-state index is 11.8. The number of hydrogen-bond acceptors (Lipinski definition) is 4. The normalized spacial score (nSPS) is 10.1. The van der Waals surface area contributed by atoms with Crippen molar-refractivity contribution in [3.8, 4) is 0 Å². The third-order valence-corrected chi connectivity index (χ3v) is 3.76. The Morgan fingerprint density at radius 3 is 2.05 bits per heavy atom. The van der Waals surface area contributed by atoms with Gasteiger partial charge in [0.05, 0.1) is 12.2 Å². The molecule has 2 aromatic carbocycles. The van der Waals surface area contributed by atoms with Crippen LogP contribution in [0.4, 0.5) is 0 Å². The van der Waals surface area contributed by atoms with Gasteiger partial charge in [-0.15, -0.1) is 0 Å². The van der Waals surface area contributed by atoms with Crippen molar-refractivity contribution in [2.24, 2.45) is 0 Å². The van der Waals surface area contributed by atoms with Crippen LogP contribution in [0.15, 0.2) is 60.7 Å². The van der Waals surface area contributed by atoms with Crippen molar-refractivity contribution < 1.29 is 14.3 Å². The van der Waals surface area contributed by atoms with Crippen LogP contribution in [0.1, 0.15) is 27.1 Å². The summed E-state index contributed by atoms with van der Waals surface area (Å²) in [6.07, 6.45) is 0.655. The lowest BCUT2D eigenvalue weighted by molar-refractivity contribution is 0.0506. The first-order valence-electron chi connectivity index (χ1n) is 6.72. The molecule has 0 unspecified atom stereocenters. The number of rotatable bonds is 6. The molecule has 0 saturated heterocycles. The lowest BCUT2D eigenvalue weighted by atomic mass is 10.2. The van der Waals surface area contributed by atoms with Crippen molar-refractivity contribution in [3.63, 3.8) is 0 Å². The molecule has 21 heavy (non-hydrogen) atoms. The average Bonchev–Trinajstić information content (AvgIpc) is 2.55. The molecule has 108 valence electrons. The standard InChI is InChI=1S/C17H16O3S/c18-16(14-8-3-1-4-9-14)20-12-7-13-21-17(19)15-10-5-2-6-11-15/h1-6,8-11H,7,12-13H2. The van der Waals surface area contributed by atoms with E-state index in [1.54, 1.807) is 36.4 Å². The van der Waals surface area contributed by atoms with Crippen LogP contribution in [0.2, 0.25) is 0 Å². The summed E-state index contributed by atoms with van der Waals surface area (Å²) in [6, 6.07) is 18.0. The Hall–Kier alpha value is -2.07. The van der Waals surface area contributed by atoms with Gasteiger partial charge in [-0.05, 0) is 18.6 Å². The average molecular weight is 300 g/mol. The number of ether oxygens (including phenoxy) is 1. The van der Waals surface area contributed by atoms with E-state index in [9.17, 15) is 9.59 Å². The molecule has 2 rings (SSSR count). The van der Waals surface area contributed by atoms with E-state index in [1.165, 1.54) is 11.8 Å². The number of hydrogen-bond donors (Lipinski definition) is 0. The molecule has 0 spiro atoms. The predicted molar refractivity (Wildman–Crippen MR) is 84.6 cm³/mol. The molecular weight excluding hydrogens is 284 g/mol. The van der Waals surface area contributed by atoms with Crippen molar-refractivity contribution in [2.45, 2.75) is 6.42 Å². The van der Waals surface area contributed by atoms with Crippen LogP contribution in [-0.2, 0) is 4.74 Å². The summed E-state index contributed by atoms with van der Waals surface area (Å²) in [5, 5.41) is 0.0463. The monoisotopic (exact) mass is 300 g/mol. The highest BCUT2D eigenvalue weighted by Gasteiger charge is 2.07. The number of carbonyl (C=O) groups is 2. The number of carbonyl (C=O) groups excluding carboxylic acids is 2. The summed E-state index contributed by atoms with van der Waals surface area (Å²) < 4.78 is 5.15. The molecule has 0 amide bonds. The Balaban J connectivity index is 1.64. The van der Waals surface area contributed by atoms with E-state index < -0.39 is 0 Å². The minimum atomic E-state index is -0.324. The summed E-state index contributed by atoms with van der Waals surface area (Å²) in [4.78, 5) is 23.5. The Morgan fingerprint density at radius 2 is 1.43 bits per heavy atom. The van der Waals surface area contributed by atoms with Gasteiger partial charge in [0.15, 0.2) is 0 Å². The largest absolute Gasteiger partial charge is 0.462 e. The fourth-order valence-electron chi connectivity index (χ4n) is 1.70. The van der Waals surface area contributed by atoms with E-state index in [0.29, 0.717) is 29.9 Å². The van der Waals surface area contributed by atoms with E-state index in [1.807, 2.05) is 24.3 Å². The first-order chi connectivity index (χ1) is 10.3. The van der Waals surface area contributed by atoms with E-state index in [2.05, 4.69) is 0 Å². The maximum absolute atomic E-state index is 11.8. The van der Waals surface area contributed by atoms with Crippen LogP contribution in [0.25, 0.3) is 0 Å². The van der Waals surface area contributed by atoms with Crippen LogP contribution in [0.3, 0.4) is 0 Å². The molecule has 0 fully saturated rings. The Kier molecular flexibility index (Phi) is 6.03. The van der Waals surface area contributed by atoms with Crippen LogP contribution < -0.4 is 0 Å². The third kappa shape index (κ3) is 5.08. The van der Waals surface area contributed by atoms with Crippen LogP contribution in [0.5, 0.6) is 0 Å². The summed E-state index contributed by atoms with van der Waals surface area (Å²) in [5.74, 6) is 0.311. The van der Waals surface area contributed by atoms with Gasteiger partial charge in [0.25, 0.3) is 0 Å². The minimum Gasteiger partial charge on any atom is -0.462 e. The Morgan fingerprint density at radius 1 is 0.857 bits per heavy atom. The van der Waals surface area contributed by atoms with Crippen molar-refractivity contribution in [1.29, 1.82) is 0 Å². The molecule has 4 heteroatoms. The van der Waals surface area contributed by atoms with Gasteiger partial charge in [-0.2, -0.15) is 0 Å². The van der Waals surface area contributed by atoms with E-state index >= 15 is 0 Å². The Labute approximate surface area is 128 Å². The molecule has 0 N–H and O–H groups in total. The van der Waals surface area contributed by atoms with Crippen molar-refractivity contribution in [3.05, 3.63) is 71.8 Å². The smallest absolute Gasteiger partial charge is 0.338 e. The molecule has 0 heterocycles. The highest BCUT2D eigenvalue weighted by Crippen LogP contribution is 2.13. The molecule has 2 aromatic rings. The molecule has 0 aliphatic rings. The molecule has 0 aromatic heterocycles. The van der Waals surface area contributed by atoms with E-state index in [-0.39, 0.29) is 11.1 Å². The van der Waals surface area contributed by atoms with Crippen LogP contribution >= 0.6 is 11.8 Å². The highest BCUT2D eigenvalue weighted by molar-refractivity contribution is 8.14. The van der Waals surface area contributed by atoms with Gasteiger partial charge < -0.3 is 4.74 Å². The van der Waals surface area contributed by atoms with Crippen molar-refractivity contribution in [1.82, 2.24) is 0 Å². The van der Waals surface area contributed by atoms with Crippen molar-refractivity contribution >= 4 is 22.8 Å². The molecule has 0 bridgehead atoms. The first kappa shape index (κ1) is 15.3. The van der Waals surface area contributed by atoms with Gasteiger partial charge in [0, 0.05) is 11.3 Å². The summed E-state index contributed by atoms with van der Waals surface area (Å²) >= 11 is 1.25. The lowest BCUT2D eigenvalue weighted by Crippen LogP contribution is -2.07. The van der Waals surface area contributed by atoms with Gasteiger partial charge in [0.1, 0.15) is 0 Å². The predicted octanol–water partition coefficient (Wildman–Crippen LogP) is 3.81. The summed E-state index contributed by atoms with van der Waals surface area (Å²) in [7, 11) is 0. The minimum absolute atomic E-state index is 0.0463. The molecule has 0 atom stereocenters. The molecule has 0 aliphatic carbocycles. The molecule has 0 radical (unpaired) electrons. The van der Waals surface area contributed by atoms with Crippen molar-refractivity contribution in [2.75, 3.05) is 12.4 Å². The van der Waals surface area contributed by atoms with E-state index in [4.69, 9.17) is 4.74 Å². The SMILES string of the molecule is O=C(OCCCSC(=O)c1ccccc1)c1ccccc1. The summed E-state index contributed by atoms with van der Waals surface area (Å²) in [6.45, 7) is 0.322. The summed E-state index contributed by atoms with van der Waals surface area (Å²) in [5.41, 5.74) is 1.24. The molecule has 3 nitrogen and oxygen atoms in total. The molecule has 0 saturated carbocycles. The van der Waals surface area contributed by atoms with Gasteiger partial charge in [-0.3, -0.25) is 4.79 Å². The second kappa shape index (κ2) is 8.27. The number of esters is 1. The zero-order valence-corrected chi connectivity index (χ0v) is 12.3. The van der Waals surface area contributed by atoms with E-state index in [0.717, 1.165) is 0 Å². The van der Waals surface area contributed by atoms with Gasteiger partial charge in [-0.1, -0.05) is 60.3 Å². The highest BCUT2D eigenvalue weighted by atomic mass is 32.2. The van der Waals surface area contributed by atoms with Crippen LogP contribution in [0, 0.1) is 0 Å². The Bertz CT molecular complexity index is 528. The zero-order valence-electron chi connectivity index (χ0n) is 11.5. The third-order valence-electron chi connectivity index (χ3n) is 2.77. The van der Waals surface area contributed by atoms with Gasteiger partial charge >= 0.3 is 5.97 Å². The zero-order chi connectivity index (χ0) is 14.9. The molecular formula is C17H16O3S. The fourth-order valence-corrected chi connectivity index (χ4v) is 2.45. The number of thioether (sulfide) groups is 1. The second-order valence-corrected chi connectivity index (χ2v) is 5.43. The number of benzene rings is 2. The van der Waals surface area contributed by atoms with Gasteiger partial charge in [0.2, 0.25) is 5.12 Å². The second-order valence-electron chi connectivity index (χ2n) is 4.36. The fraction of sp³-hybridized carbons (Fsp3) is 0.176. The van der Waals surface area contributed by atoms with Gasteiger partial charge in [-0.25, -0.2) is 4.79 Å². The maximum Gasteiger partial charge on any atom is 0.338 e. The quantitative estimate of drug-likeness (QED) is 0.601. The first-order valence-corrected chi connectivity index (χ1v) is 7.70. The lowest BCUT2D eigenvalue weighted by Gasteiger charge is -2.04. The van der Waals surface area contributed by atoms with Crippen LogP contribution in [-0.4, -0.2) is 23.4 Å².